The van der Waals surface area contributed by atoms with Crippen molar-refractivity contribution in [3.63, 3.8) is 0 Å². The quantitative estimate of drug-likeness (QED) is 0.362. The van der Waals surface area contributed by atoms with Gasteiger partial charge in [-0.05, 0) is 30.3 Å². The predicted molar refractivity (Wildman–Crippen MR) is 101 cm³/mol. The number of ether oxygens (including phenoxy) is 1. The van der Waals surface area contributed by atoms with Crippen LogP contribution < -0.4 is 5.32 Å². The summed E-state index contributed by atoms with van der Waals surface area (Å²) >= 11 is 1.48. The van der Waals surface area contributed by atoms with Gasteiger partial charge in [0, 0.05) is 9.79 Å². The van der Waals surface area contributed by atoms with Crippen molar-refractivity contribution in [2.45, 2.75) is 9.79 Å². The van der Waals surface area contributed by atoms with Gasteiger partial charge in [-0.2, -0.15) is 0 Å². The van der Waals surface area contributed by atoms with Gasteiger partial charge in [0.25, 0.3) is 5.91 Å². The minimum Gasteiger partial charge on any atom is -0.450 e. The first-order chi connectivity index (χ1) is 13.5. The number of para-hydroxylation sites is 1. The van der Waals surface area contributed by atoms with Crippen LogP contribution in [0.25, 0.3) is 0 Å². The van der Waals surface area contributed by atoms with Crippen LogP contribution in [-0.2, 0) is 9.53 Å². The van der Waals surface area contributed by atoms with E-state index in [1.165, 1.54) is 11.8 Å². The van der Waals surface area contributed by atoms with Crippen LogP contribution in [0, 0.1) is 10.1 Å². The van der Waals surface area contributed by atoms with Gasteiger partial charge in [0.1, 0.15) is 4.92 Å². The van der Waals surface area contributed by atoms with Crippen LogP contribution in [0.4, 0.5) is 11.6 Å². The predicted octanol–water partition coefficient (Wildman–Crippen LogP) is 4.13. The molecule has 0 aliphatic rings. The fourth-order valence-electron chi connectivity index (χ4n) is 2.20. The van der Waals surface area contributed by atoms with Gasteiger partial charge >= 0.3 is 11.9 Å². The van der Waals surface area contributed by atoms with Crippen LogP contribution in [-0.4, -0.2) is 23.4 Å². The summed E-state index contributed by atoms with van der Waals surface area (Å²) in [6.45, 7) is -0.558. The van der Waals surface area contributed by atoms with Crippen molar-refractivity contribution >= 4 is 35.2 Å². The van der Waals surface area contributed by atoms with E-state index in [0.29, 0.717) is 5.69 Å². The summed E-state index contributed by atoms with van der Waals surface area (Å²) in [5, 5.41) is 13.2. The first-order valence-electron chi connectivity index (χ1n) is 8.06. The maximum atomic E-state index is 12.1. The molecule has 0 saturated carbocycles. The normalized spacial score (nSPS) is 10.3. The van der Waals surface area contributed by atoms with E-state index < -0.39 is 29.3 Å². The maximum absolute atomic E-state index is 12.1. The monoisotopic (exact) mass is 398 g/mol. The highest BCUT2D eigenvalue weighted by Gasteiger charge is 2.19. The molecule has 0 atom stereocenters. The van der Waals surface area contributed by atoms with Crippen LogP contribution in [0.2, 0.25) is 0 Å². The number of nitrogens with zero attached hydrogens (tertiary/aromatic N) is 1. The highest BCUT2D eigenvalue weighted by atomic mass is 32.2. The molecule has 0 radical (unpaired) electrons. The van der Waals surface area contributed by atoms with Crippen molar-refractivity contribution in [2.75, 3.05) is 11.9 Å². The zero-order valence-electron chi connectivity index (χ0n) is 14.4. The number of hydrogen-bond donors (Lipinski definition) is 1. The van der Waals surface area contributed by atoms with Gasteiger partial charge in [-0.15, -0.1) is 0 Å². The Morgan fingerprint density at radius 3 is 2.46 bits per heavy atom. The Balaban J connectivity index is 1.59. The molecule has 1 N–H and O–H groups in total. The number of furan rings is 1. The molecule has 0 bridgehead atoms. The van der Waals surface area contributed by atoms with Crippen LogP contribution >= 0.6 is 11.8 Å². The highest BCUT2D eigenvalue weighted by Crippen LogP contribution is 2.33. The molecule has 2 aromatic carbocycles. The summed E-state index contributed by atoms with van der Waals surface area (Å²) in [5.41, 5.74) is 0.575. The van der Waals surface area contributed by atoms with Crippen LogP contribution in [0.15, 0.2) is 80.9 Å². The van der Waals surface area contributed by atoms with Crippen LogP contribution in [0.5, 0.6) is 0 Å². The number of rotatable bonds is 7. The molecule has 0 fully saturated rings. The summed E-state index contributed by atoms with van der Waals surface area (Å²) in [6.07, 6.45) is 0. The van der Waals surface area contributed by atoms with Gasteiger partial charge in [-0.3, -0.25) is 14.9 Å². The molecule has 8 nitrogen and oxygen atoms in total. The smallest absolute Gasteiger partial charge is 0.433 e. The number of benzene rings is 2. The Morgan fingerprint density at radius 1 is 1.04 bits per heavy atom. The Kier molecular flexibility index (Phi) is 6.07. The standard InChI is InChI=1S/C19H14N2O6S/c22-17(12-26-19(23)15-10-11-18(27-15)21(24)25)20-14-8-4-5-9-16(14)28-13-6-2-1-3-7-13/h1-11H,12H2,(H,20,22). The Bertz CT molecular complexity index is 1000. The lowest BCUT2D eigenvalue weighted by Gasteiger charge is -2.10. The molecule has 3 rings (SSSR count). The lowest BCUT2D eigenvalue weighted by Crippen LogP contribution is -2.21. The van der Waals surface area contributed by atoms with Crippen molar-refractivity contribution in [3.8, 4) is 0 Å². The third kappa shape index (κ3) is 4.98. The van der Waals surface area contributed by atoms with E-state index in [2.05, 4.69) is 5.32 Å². The molecule has 0 spiro atoms. The van der Waals surface area contributed by atoms with Crippen molar-refractivity contribution in [3.05, 3.63) is 82.6 Å². The molecule has 3 aromatic rings. The second-order valence-electron chi connectivity index (χ2n) is 5.43. The first-order valence-corrected chi connectivity index (χ1v) is 8.88. The third-order valence-electron chi connectivity index (χ3n) is 3.44. The summed E-state index contributed by atoms with van der Waals surface area (Å²) in [6, 6.07) is 19.0. The number of nitro groups is 1. The fourth-order valence-corrected chi connectivity index (χ4v) is 3.12. The van der Waals surface area contributed by atoms with Crippen LogP contribution in [0.1, 0.15) is 10.6 Å². The zero-order chi connectivity index (χ0) is 19.9. The van der Waals surface area contributed by atoms with Crippen LogP contribution in [0.3, 0.4) is 0 Å². The zero-order valence-corrected chi connectivity index (χ0v) is 15.2. The Labute approximate surface area is 163 Å². The number of carbonyl (C=O) groups is 2. The van der Waals surface area contributed by atoms with E-state index in [4.69, 9.17) is 9.15 Å². The van der Waals surface area contributed by atoms with Crippen molar-refractivity contribution in [1.82, 2.24) is 0 Å². The Morgan fingerprint density at radius 2 is 1.75 bits per heavy atom. The van der Waals surface area contributed by atoms with E-state index >= 15 is 0 Å². The topological polar surface area (TPSA) is 112 Å². The number of nitrogens with one attached hydrogen (secondary N) is 1. The fraction of sp³-hybridized carbons (Fsp3) is 0.0526. The van der Waals surface area contributed by atoms with E-state index in [0.717, 1.165) is 21.9 Å². The first kappa shape index (κ1) is 19.2. The second kappa shape index (κ2) is 8.87. The molecular formula is C19H14N2O6S. The van der Waals surface area contributed by atoms with E-state index in [1.807, 2.05) is 42.5 Å². The number of hydrogen-bond acceptors (Lipinski definition) is 7. The van der Waals surface area contributed by atoms with Crippen molar-refractivity contribution < 1.29 is 23.7 Å². The number of esters is 1. The summed E-state index contributed by atoms with van der Waals surface area (Å²) in [4.78, 5) is 35.6. The van der Waals surface area contributed by atoms with Gasteiger partial charge in [-0.1, -0.05) is 42.1 Å². The Hall–Kier alpha value is -3.59. The molecule has 0 saturated heterocycles. The molecular weight excluding hydrogens is 384 g/mol. The molecule has 142 valence electrons. The van der Waals surface area contributed by atoms with E-state index in [9.17, 15) is 19.7 Å². The van der Waals surface area contributed by atoms with Gasteiger partial charge < -0.3 is 14.5 Å². The molecule has 0 aliphatic carbocycles. The minimum atomic E-state index is -0.963. The molecule has 28 heavy (non-hydrogen) atoms. The third-order valence-corrected chi connectivity index (χ3v) is 4.52. The molecule has 0 unspecified atom stereocenters. The van der Waals surface area contributed by atoms with E-state index in [1.54, 1.807) is 12.1 Å². The summed E-state index contributed by atoms with van der Waals surface area (Å²) in [5.74, 6) is -2.44. The summed E-state index contributed by atoms with van der Waals surface area (Å²) < 4.78 is 9.57. The van der Waals surface area contributed by atoms with Crippen molar-refractivity contribution in [1.29, 1.82) is 0 Å². The lowest BCUT2D eigenvalue weighted by atomic mass is 10.3. The maximum Gasteiger partial charge on any atom is 0.433 e. The van der Waals surface area contributed by atoms with E-state index in [-0.39, 0.29) is 5.76 Å². The molecule has 1 amide bonds. The minimum absolute atomic E-state index is 0.348. The summed E-state index contributed by atoms with van der Waals surface area (Å²) in [7, 11) is 0. The largest absolute Gasteiger partial charge is 0.450 e. The SMILES string of the molecule is O=C(COC(=O)c1ccc([N+](=O)[O-])o1)Nc1ccccc1Sc1ccccc1. The number of anilines is 1. The van der Waals surface area contributed by atoms with Crippen molar-refractivity contribution in [2.24, 2.45) is 0 Å². The molecule has 9 heteroatoms. The second-order valence-corrected chi connectivity index (χ2v) is 6.55. The molecule has 1 aromatic heterocycles. The average Bonchev–Trinajstić information content (AvgIpc) is 3.19. The van der Waals surface area contributed by atoms with Gasteiger partial charge in [-0.25, -0.2) is 4.79 Å². The molecule has 0 aliphatic heterocycles. The molecule has 1 heterocycles. The van der Waals surface area contributed by atoms with Gasteiger partial charge in [0.2, 0.25) is 5.76 Å². The highest BCUT2D eigenvalue weighted by molar-refractivity contribution is 7.99. The number of amides is 1. The van der Waals surface area contributed by atoms with Gasteiger partial charge in [0.05, 0.1) is 11.8 Å². The average molecular weight is 398 g/mol. The lowest BCUT2D eigenvalue weighted by molar-refractivity contribution is -0.402. The van der Waals surface area contributed by atoms with Gasteiger partial charge in [0.15, 0.2) is 6.61 Å². The number of carbonyl (C=O) groups excluding carboxylic acids is 2.